The molecule has 0 heterocycles. The first kappa shape index (κ1) is 14.0. The van der Waals surface area contributed by atoms with Crippen LogP contribution in [0, 0.1) is 0 Å². The summed E-state index contributed by atoms with van der Waals surface area (Å²) in [6.07, 6.45) is 0. The Labute approximate surface area is 108 Å². The fourth-order valence-corrected chi connectivity index (χ4v) is 1.88. The second kappa shape index (κ2) is 6.03. The van der Waals surface area contributed by atoms with E-state index in [1.807, 2.05) is 31.2 Å². The summed E-state index contributed by atoms with van der Waals surface area (Å²) in [6, 6.07) is 7.82. The van der Waals surface area contributed by atoms with Crippen molar-refractivity contribution in [1.29, 1.82) is 0 Å². The number of rotatable bonds is 4. The van der Waals surface area contributed by atoms with E-state index in [0.29, 0.717) is 0 Å². The Hall–Kier alpha value is -1.06. The fourth-order valence-electron chi connectivity index (χ4n) is 1.75. The number of likely N-dealkylation sites (N-methyl/N-ethyl adjacent to an activating group) is 1. The molecule has 0 fully saturated rings. The van der Waals surface area contributed by atoms with Crippen LogP contribution in [-0.4, -0.2) is 30.4 Å². The molecular weight excluding hydrogens is 236 g/mol. The highest BCUT2D eigenvalue weighted by Crippen LogP contribution is 2.23. The first-order valence-electron chi connectivity index (χ1n) is 5.68. The van der Waals surface area contributed by atoms with Crippen molar-refractivity contribution in [2.24, 2.45) is 5.73 Å². The van der Waals surface area contributed by atoms with Gasteiger partial charge in [-0.25, -0.2) is 0 Å². The molecule has 0 saturated heterocycles. The van der Waals surface area contributed by atoms with Crippen LogP contribution in [0.5, 0.6) is 0 Å². The van der Waals surface area contributed by atoms with Gasteiger partial charge in [-0.3, -0.25) is 4.79 Å². The van der Waals surface area contributed by atoms with Gasteiger partial charge in [0.15, 0.2) is 0 Å². The molecule has 4 heteroatoms. The molecule has 0 bridgehead atoms. The van der Waals surface area contributed by atoms with Crippen molar-refractivity contribution in [3.8, 4) is 0 Å². The minimum absolute atomic E-state index is 0.0432. The van der Waals surface area contributed by atoms with Gasteiger partial charge in [-0.15, -0.1) is 0 Å². The summed E-state index contributed by atoms with van der Waals surface area (Å²) in [5.74, 6) is 0.200. The number of amides is 1. The Balaban J connectivity index is 2.78. The van der Waals surface area contributed by atoms with Crippen LogP contribution in [-0.2, 0) is 4.79 Å². The zero-order valence-electron chi connectivity index (χ0n) is 10.5. The highest BCUT2D eigenvalue weighted by molar-refractivity contribution is 6.30. The molecule has 1 aromatic rings. The van der Waals surface area contributed by atoms with Gasteiger partial charge < -0.3 is 10.6 Å². The highest BCUT2D eigenvalue weighted by atomic mass is 35.5. The summed E-state index contributed by atoms with van der Waals surface area (Å²) in [4.78, 5) is 13.2. The largest absolute Gasteiger partial charge is 0.341 e. The molecule has 3 nitrogen and oxygen atoms in total. The van der Waals surface area contributed by atoms with Gasteiger partial charge in [-0.05, 0) is 24.6 Å². The number of carbonyl (C=O) groups excluding carboxylic acids is 1. The van der Waals surface area contributed by atoms with Crippen LogP contribution >= 0.6 is 11.6 Å². The maximum absolute atomic E-state index is 11.5. The second-order valence-electron chi connectivity index (χ2n) is 4.29. The second-order valence-corrected chi connectivity index (χ2v) is 4.73. The molecule has 0 aliphatic heterocycles. The lowest BCUT2D eigenvalue weighted by atomic mass is 9.93. The van der Waals surface area contributed by atoms with E-state index < -0.39 is 0 Å². The van der Waals surface area contributed by atoms with Crippen LogP contribution in [0.4, 0.5) is 0 Å². The summed E-state index contributed by atoms with van der Waals surface area (Å²) < 4.78 is 0. The lowest BCUT2D eigenvalue weighted by Crippen LogP contribution is -2.41. The van der Waals surface area contributed by atoms with E-state index in [1.165, 1.54) is 5.56 Å². The van der Waals surface area contributed by atoms with Crippen molar-refractivity contribution in [2.75, 3.05) is 13.6 Å². The van der Waals surface area contributed by atoms with E-state index in [0.717, 1.165) is 5.02 Å². The minimum Gasteiger partial charge on any atom is -0.341 e. The monoisotopic (exact) mass is 254 g/mol. The molecule has 94 valence electrons. The molecule has 17 heavy (non-hydrogen) atoms. The number of halogens is 1. The number of hydrogen-bond acceptors (Lipinski definition) is 2. The molecule has 0 aliphatic rings. The number of nitrogens with two attached hydrogens (primary N) is 1. The van der Waals surface area contributed by atoms with E-state index in [9.17, 15) is 4.79 Å². The third kappa shape index (κ3) is 3.45. The lowest BCUT2D eigenvalue weighted by Gasteiger charge is -2.30. The van der Waals surface area contributed by atoms with Gasteiger partial charge >= 0.3 is 0 Å². The fraction of sp³-hybridized carbons (Fsp3) is 0.462. The molecule has 1 aromatic carbocycles. The molecule has 0 radical (unpaired) electrons. The molecule has 1 amide bonds. The SMILES string of the molecule is C[C@H](c1ccc(Cl)cc1)[C@H](C)N(C)C(=O)CN. The van der Waals surface area contributed by atoms with Gasteiger partial charge in [0.25, 0.3) is 0 Å². The molecule has 0 saturated carbocycles. The number of hydrogen-bond donors (Lipinski definition) is 1. The van der Waals surface area contributed by atoms with Gasteiger partial charge in [0, 0.05) is 24.0 Å². The van der Waals surface area contributed by atoms with E-state index in [2.05, 4.69) is 6.92 Å². The van der Waals surface area contributed by atoms with Gasteiger partial charge in [-0.2, -0.15) is 0 Å². The zero-order valence-corrected chi connectivity index (χ0v) is 11.2. The van der Waals surface area contributed by atoms with Crippen LogP contribution in [0.15, 0.2) is 24.3 Å². The number of benzene rings is 1. The van der Waals surface area contributed by atoms with E-state index in [1.54, 1.807) is 11.9 Å². The summed E-state index contributed by atoms with van der Waals surface area (Å²) in [5.41, 5.74) is 6.53. The third-order valence-corrected chi connectivity index (χ3v) is 3.55. The van der Waals surface area contributed by atoms with Crippen LogP contribution in [0.25, 0.3) is 0 Å². The maximum atomic E-state index is 11.5. The Morgan fingerprint density at radius 2 is 1.88 bits per heavy atom. The molecule has 2 N–H and O–H groups in total. The average molecular weight is 255 g/mol. The van der Waals surface area contributed by atoms with Crippen LogP contribution < -0.4 is 5.73 Å². The molecule has 0 aromatic heterocycles. The zero-order chi connectivity index (χ0) is 13.0. The van der Waals surface area contributed by atoms with Gasteiger partial charge in [0.05, 0.1) is 6.54 Å². The Morgan fingerprint density at radius 3 is 2.35 bits per heavy atom. The Morgan fingerprint density at radius 1 is 1.35 bits per heavy atom. The van der Waals surface area contributed by atoms with Crippen molar-refractivity contribution in [3.05, 3.63) is 34.9 Å². The highest BCUT2D eigenvalue weighted by Gasteiger charge is 2.21. The standard InChI is InChI=1S/C13H19ClN2O/c1-9(10(2)16(3)13(17)8-15)11-4-6-12(14)7-5-11/h4-7,9-10H,8,15H2,1-3H3/t9-,10-/m0/s1. The van der Waals surface area contributed by atoms with Gasteiger partial charge in [0.1, 0.15) is 0 Å². The molecule has 0 aliphatic carbocycles. The maximum Gasteiger partial charge on any atom is 0.236 e. The van der Waals surface area contributed by atoms with Crippen molar-refractivity contribution in [2.45, 2.75) is 25.8 Å². The first-order chi connectivity index (χ1) is 7.97. The Kier molecular flexibility index (Phi) is 4.97. The van der Waals surface area contributed by atoms with E-state index >= 15 is 0 Å². The van der Waals surface area contributed by atoms with Crippen LogP contribution in [0.2, 0.25) is 5.02 Å². The summed E-state index contributed by atoms with van der Waals surface area (Å²) in [6.45, 7) is 4.16. The van der Waals surface area contributed by atoms with Crippen LogP contribution in [0.1, 0.15) is 25.3 Å². The normalized spacial score (nSPS) is 14.2. The lowest BCUT2D eigenvalue weighted by molar-refractivity contribution is -0.130. The summed E-state index contributed by atoms with van der Waals surface area (Å²) in [7, 11) is 1.78. The van der Waals surface area contributed by atoms with Crippen molar-refractivity contribution in [3.63, 3.8) is 0 Å². The first-order valence-corrected chi connectivity index (χ1v) is 6.06. The van der Waals surface area contributed by atoms with E-state index in [-0.39, 0.29) is 24.4 Å². The van der Waals surface area contributed by atoms with Crippen molar-refractivity contribution >= 4 is 17.5 Å². The van der Waals surface area contributed by atoms with Gasteiger partial charge in [0.2, 0.25) is 5.91 Å². The molecule has 0 unspecified atom stereocenters. The van der Waals surface area contributed by atoms with E-state index in [4.69, 9.17) is 17.3 Å². The predicted octanol–water partition coefficient (Wildman–Crippen LogP) is 2.25. The van der Waals surface area contributed by atoms with Crippen molar-refractivity contribution in [1.82, 2.24) is 4.90 Å². The number of nitrogens with zero attached hydrogens (tertiary/aromatic N) is 1. The minimum atomic E-state index is -0.0432. The summed E-state index contributed by atoms with van der Waals surface area (Å²) in [5, 5.41) is 0.722. The average Bonchev–Trinajstić information content (AvgIpc) is 2.36. The quantitative estimate of drug-likeness (QED) is 0.896. The molecule has 1 rings (SSSR count). The third-order valence-electron chi connectivity index (χ3n) is 3.30. The number of carbonyl (C=O) groups is 1. The summed E-state index contributed by atoms with van der Waals surface area (Å²) >= 11 is 5.85. The smallest absolute Gasteiger partial charge is 0.236 e. The van der Waals surface area contributed by atoms with Gasteiger partial charge in [-0.1, -0.05) is 30.7 Å². The van der Waals surface area contributed by atoms with Crippen molar-refractivity contribution < 1.29 is 4.79 Å². The Bertz CT molecular complexity index is 378. The molecular formula is C13H19ClN2O. The molecule has 0 spiro atoms. The molecule has 2 atom stereocenters. The topological polar surface area (TPSA) is 46.3 Å². The van der Waals surface area contributed by atoms with Crippen LogP contribution in [0.3, 0.4) is 0 Å². The predicted molar refractivity (Wildman–Crippen MR) is 71.2 cm³/mol.